The number of methoxy groups -OCH3 is 1. The Kier molecular flexibility index (Phi) is 13.0. The molecule has 2 aliphatic heterocycles. The average molecular weight is 760 g/mol. The Bertz CT molecular complexity index is 1860. The fourth-order valence-electron chi connectivity index (χ4n) is 6.79. The summed E-state index contributed by atoms with van der Waals surface area (Å²) in [5.41, 5.74) is 0.825. The molecule has 288 valence electrons. The molecule has 3 aromatic rings. The Labute approximate surface area is 319 Å². The second kappa shape index (κ2) is 17.5. The van der Waals surface area contributed by atoms with E-state index < -0.39 is 64.9 Å². The van der Waals surface area contributed by atoms with Gasteiger partial charge in [-0.15, -0.1) is 11.3 Å². The van der Waals surface area contributed by atoms with Crippen molar-refractivity contribution in [1.29, 1.82) is 0 Å². The number of ketones is 2. The molecule has 3 N–H and O–H groups in total. The largest absolute Gasteiger partial charge is 0.497 e. The molecule has 2 aromatic carbocycles. The van der Waals surface area contributed by atoms with Gasteiger partial charge in [0, 0.05) is 41.9 Å². The fraction of sp³-hybridized carbons (Fsp3) is 0.475. The van der Waals surface area contributed by atoms with E-state index in [1.807, 2.05) is 65.0 Å². The lowest BCUT2D eigenvalue weighted by Crippen LogP contribution is -2.59. The summed E-state index contributed by atoms with van der Waals surface area (Å²) < 4.78 is 11.3. The number of carbonyl (C=O) groups excluding carboxylic acids is 6. The fourth-order valence-corrected chi connectivity index (χ4v) is 7.56. The molecule has 0 aliphatic carbocycles. The van der Waals surface area contributed by atoms with Gasteiger partial charge in [-0.25, -0.2) is 4.98 Å². The molecule has 54 heavy (non-hydrogen) atoms. The van der Waals surface area contributed by atoms with Crippen molar-refractivity contribution in [1.82, 2.24) is 25.8 Å². The van der Waals surface area contributed by atoms with Gasteiger partial charge in [0.2, 0.25) is 23.5 Å². The maximum atomic E-state index is 14.5. The van der Waals surface area contributed by atoms with Crippen LogP contribution in [0.2, 0.25) is 0 Å². The van der Waals surface area contributed by atoms with Crippen LogP contribution in [0.5, 0.6) is 5.75 Å². The van der Waals surface area contributed by atoms with Gasteiger partial charge in [0.15, 0.2) is 5.01 Å². The Morgan fingerprint density at radius 2 is 1.78 bits per heavy atom. The zero-order chi connectivity index (χ0) is 39.2. The molecule has 0 radical (unpaired) electrons. The Morgan fingerprint density at radius 3 is 2.44 bits per heavy atom. The van der Waals surface area contributed by atoms with Crippen LogP contribution in [0.4, 0.5) is 0 Å². The van der Waals surface area contributed by atoms with E-state index in [9.17, 15) is 28.8 Å². The van der Waals surface area contributed by atoms with Gasteiger partial charge in [0.05, 0.1) is 31.1 Å². The number of nitrogens with zero attached hydrogens (tertiary/aromatic N) is 2. The van der Waals surface area contributed by atoms with Gasteiger partial charge in [-0.05, 0) is 56.7 Å². The molecule has 2 aliphatic rings. The molecule has 14 heteroatoms. The molecule has 0 bridgehead atoms. The SMILES string of the molecule is COc1cccc(C(=O)N[C@H](C(=O)N2C[C@H](OC(C)C)CC2C(=O)NC(CC2CCCNC2=O)C(=O)C(=O)c2nc(-c3ccccc3)cs2)C(C)(C)C)c1. The van der Waals surface area contributed by atoms with Gasteiger partial charge in [0.25, 0.3) is 11.7 Å². The number of thiazole rings is 1. The highest BCUT2D eigenvalue weighted by molar-refractivity contribution is 7.13. The molecule has 2 saturated heterocycles. The van der Waals surface area contributed by atoms with Crippen LogP contribution >= 0.6 is 11.3 Å². The Hall–Kier alpha value is -4.95. The molecule has 2 fully saturated rings. The van der Waals surface area contributed by atoms with E-state index in [-0.39, 0.29) is 36.4 Å². The maximum Gasteiger partial charge on any atom is 0.259 e. The highest BCUT2D eigenvalue weighted by atomic mass is 32.1. The number of hydrogen-bond donors (Lipinski definition) is 3. The molecule has 5 rings (SSSR count). The Morgan fingerprint density at radius 1 is 1.04 bits per heavy atom. The Balaban J connectivity index is 1.41. The van der Waals surface area contributed by atoms with E-state index in [2.05, 4.69) is 20.9 Å². The second-order valence-electron chi connectivity index (χ2n) is 15.1. The smallest absolute Gasteiger partial charge is 0.259 e. The number of piperidine rings is 1. The highest BCUT2D eigenvalue weighted by Gasteiger charge is 2.46. The molecule has 1 aromatic heterocycles. The highest BCUT2D eigenvalue weighted by Crippen LogP contribution is 2.29. The minimum Gasteiger partial charge on any atom is -0.497 e. The van der Waals surface area contributed by atoms with Crippen LogP contribution in [0, 0.1) is 11.3 Å². The van der Waals surface area contributed by atoms with Gasteiger partial charge in [-0.2, -0.15) is 0 Å². The van der Waals surface area contributed by atoms with E-state index in [0.29, 0.717) is 36.4 Å². The third-order valence-corrected chi connectivity index (χ3v) is 10.4. The predicted molar refractivity (Wildman–Crippen MR) is 203 cm³/mol. The standard InChI is InChI=1S/C40H49N5O8S/c1-23(2)53-28-20-31(45(21-28)39(51)34(40(3,4)5)44-36(49)25-14-10-16-27(18-25)52-6)37(50)42-29(19-26-15-11-17-41-35(26)48)32(46)33(47)38-43-30(22-54-38)24-12-8-7-9-13-24/h7-10,12-14,16,18,22-23,26,28-29,31,34H,11,15,17,19-21H2,1-6H3,(H,41,48)(H,42,50)(H,44,49)/t26?,28-,29?,31?,34-/m1/s1. The molecular weight excluding hydrogens is 711 g/mol. The van der Waals surface area contributed by atoms with Crippen LogP contribution in [-0.4, -0.2) is 95.6 Å². The first-order chi connectivity index (χ1) is 25.7. The van der Waals surface area contributed by atoms with Crippen LogP contribution in [0.3, 0.4) is 0 Å². The molecular formula is C40H49N5O8S. The summed E-state index contributed by atoms with van der Waals surface area (Å²) in [4.78, 5) is 88.6. The number of ether oxygens (including phenoxy) is 2. The zero-order valence-corrected chi connectivity index (χ0v) is 32.4. The van der Waals surface area contributed by atoms with Gasteiger partial charge in [-0.3, -0.25) is 28.8 Å². The summed E-state index contributed by atoms with van der Waals surface area (Å²) in [6, 6.07) is 12.3. The van der Waals surface area contributed by atoms with Crippen molar-refractivity contribution in [2.75, 3.05) is 20.2 Å². The van der Waals surface area contributed by atoms with Crippen molar-refractivity contribution < 1.29 is 38.2 Å². The average Bonchev–Trinajstić information content (AvgIpc) is 3.81. The summed E-state index contributed by atoms with van der Waals surface area (Å²) in [6.45, 7) is 9.69. The van der Waals surface area contributed by atoms with Crippen molar-refractivity contribution in [3.63, 3.8) is 0 Å². The van der Waals surface area contributed by atoms with Gasteiger partial charge < -0.3 is 30.3 Å². The minimum absolute atomic E-state index is 0.0333. The van der Waals surface area contributed by atoms with Crippen molar-refractivity contribution in [3.8, 4) is 17.0 Å². The monoisotopic (exact) mass is 759 g/mol. The number of hydrogen-bond acceptors (Lipinski definition) is 10. The summed E-state index contributed by atoms with van der Waals surface area (Å²) >= 11 is 1.03. The lowest BCUT2D eigenvalue weighted by atomic mass is 9.85. The third kappa shape index (κ3) is 9.77. The van der Waals surface area contributed by atoms with E-state index in [1.165, 1.54) is 12.0 Å². The predicted octanol–water partition coefficient (Wildman–Crippen LogP) is 4.21. The van der Waals surface area contributed by atoms with E-state index in [0.717, 1.165) is 16.9 Å². The first-order valence-electron chi connectivity index (χ1n) is 18.2. The van der Waals surface area contributed by atoms with Crippen molar-refractivity contribution in [3.05, 3.63) is 70.5 Å². The van der Waals surface area contributed by atoms with Crippen molar-refractivity contribution in [2.45, 2.75) is 90.6 Å². The molecule has 13 nitrogen and oxygen atoms in total. The maximum absolute atomic E-state index is 14.5. The number of aromatic nitrogens is 1. The number of nitrogens with one attached hydrogen (secondary N) is 3. The van der Waals surface area contributed by atoms with E-state index in [4.69, 9.17) is 9.47 Å². The minimum atomic E-state index is -1.36. The number of rotatable bonds is 14. The first kappa shape index (κ1) is 40.2. The molecule has 0 saturated carbocycles. The molecule has 0 spiro atoms. The topological polar surface area (TPSA) is 173 Å². The number of Topliss-reactive ketones (excluding diaryl/α,β-unsaturated/α-hetero) is 2. The van der Waals surface area contributed by atoms with Crippen LogP contribution in [0.15, 0.2) is 60.0 Å². The molecule has 3 heterocycles. The van der Waals surface area contributed by atoms with Crippen LogP contribution in [-0.2, 0) is 23.9 Å². The quantitative estimate of drug-likeness (QED) is 0.161. The third-order valence-electron chi connectivity index (χ3n) is 9.58. The zero-order valence-electron chi connectivity index (χ0n) is 31.5. The summed E-state index contributed by atoms with van der Waals surface area (Å²) in [5, 5.41) is 10.1. The summed E-state index contributed by atoms with van der Waals surface area (Å²) in [6.07, 6.45) is 0.436. The van der Waals surface area contributed by atoms with Crippen LogP contribution < -0.4 is 20.7 Å². The van der Waals surface area contributed by atoms with Crippen LogP contribution in [0.25, 0.3) is 11.3 Å². The second-order valence-corrected chi connectivity index (χ2v) is 15.9. The lowest BCUT2D eigenvalue weighted by Gasteiger charge is -2.35. The van der Waals surface area contributed by atoms with Gasteiger partial charge in [-0.1, -0.05) is 57.2 Å². The number of carbonyl (C=O) groups is 6. The lowest BCUT2D eigenvalue weighted by molar-refractivity contribution is -0.142. The molecule has 5 atom stereocenters. The van der Waals surface area contributed by atoms with E-state index >= 15 is 0 Å². The molecule has 3 unspecified atom stereocenters. The number of likely N-dealkylation sites (tertiary alicyclic amines) is 1. The van der Waals surface area contributed by atoms with E-state index in [1.54, 1.807) is 29.6 Å². The van der Waals surface area contributed by atoms with Gasteiger partial charge >= 0.3 is 0 Å². The summed E-state index contributed by atoms with van der Waals surface area (Å²) in [7, 11) is 1.49. The van der Waals surface area contributed by atoms with Gasteiger partial charge in [0.1, 0.15) is 17.8 Å². The van der Waals surface area contributed by atoms with Crippen molar-refractivity contribution >= 4 is 46.5 Å². The summed E-state index contributed by atoms with van der Waals surface area (Å²) in [5.74, 6) is -3.85. The number of amides is 4. The number of benzene rings is 2. The van der Waals surface area contributed by atoms with Crippen LogP contribution in [0.1, 0.15) is 80.5 Å². The van der Waals surface area contributed by atoms with Crippen molar-refractivity contribution in [2.24, 2.45) is 11.3 Å². The molecule has 4 amide bonds. The first-order valence-corrected chi connectivity index (χ1v) is 19.1. The normalized spacial score (nSPS) is 19.8.